The fraction of sp³-hybridized carbons (Fsp3) is 0.615. The predicted molar refractivity (Wildman–Crippen MR) is 79.0 cm³/mol. The van der Waals surface area contributed by atoms with E-state index in [4.69, 9.17) is 5.11 Å². The second kappa shape index (κ2) is 6.04. The largest absolute Gasteiger partial charge is 0.478 e. The molecule has 3 N–H and O–H groups in total. The molecule has 1 aromatic rings. The van der Waals surface area contributed by atoms with E-state index in [1.54, 1.807) is 0 Å². The summed E-state index contributed by atoms with van der Waals surface area (Å²) < 4.78 is 26.6. The second-order valence-electron chi connectivity index (χ2n) is 5.69. The SMILES string of the molecule is CC1CCC(O)(CNS(=O)(=O)c2cc(C(=O)O)cs2)CC1. The number of carboxylic acid groups (broad SMARTS) is 1. The van der Waals surface area contributed by atoms with Crippen LogP contribution in [0.5, 0.6) is 0 Å². The lowest BCUT2D eigenvalue weighted by Gasteiger charge is -2.34. The first-order valence-electron chi connectivity index (χ1n) is 6.76. The number of carbonyl (C=O) groups is 1. The van der Waals surface area contributed by atoms with Crippen LogP contribution in [0.15, 0.2) is 15.7 Å². The minimum atomic E-state index is -3.78. The Labute approximate surface area is 127 Å². The zero-order valence-electron chi connectivity index (χ0n) is 11.7. The zero-order valence-corrected chi connectivity index (χ0v) is 13.3. The van der Waals surface area contributed by atoms with Gasteiger partial charge in [0.2, 0.25) is 10.0 Å². The molecule has 2 rings (SSSR count). The van der Waals surface area contributed by atoms with E-state index in [1.807, 2.05) is 0 Å². The van der Waals surface area contributed by atoms with Crippen molar-refractivity contribution < 1.29 is 23.4 Å². The van der Waals surface area contributed by atoms with Crippen molar-refractivity contribution in [2.75, 3.05) is 6.54 Å². The Morgan fingerprint density at radius 1 is 1.48 bits per heavy atom. The fourth-order valence-corrected chi connectivity index (χ4v) is 4.66. The number of aromatic carboxylic acids is 1. The van der Waals surface area contributed by atoms with Crippen molar-refractivity contribution in [3.8, 4) is 0 Å². The summed E-state index contributed by atoms with van der Waals surface area (Å²) in [5, 5.41) is 20.5. The topological polar surface area (TPSA) is 104 Å². The van der Waals surface area contributed by atoms with Crippen LogP contribution in [-0.2, 0) is 10.0 Å². The van der Waals surface area contributed by atoms with E-state index in [2.05, 4.69) is 11.6 Å². The Bertz CT molecular complexity index is 614. The first kappa shape index (κ1) is 16.4. The Morgan fingerprint density at radius 3 is 2.62 bits per heavy atom. The first-order valence-corrected chi connectivity index (χ1v) is 9.12. The summed E-state index contributed by atoms with van der Waals surface area (Å²) in [5.74, 6) is -0.607. The summed E-state index contributed by atoms with van der Waals surface area (Å²) in [4.78, 5) is 10.8. The molecule has 8 heteroatoms. The van der Waals surface area contributed by atoms with Crippen LogP contribution in [0, 0.1) is 5.92 Å². The summed E-state index contributed by atoms with van der Waals surface area (Å²) in [6, 6.07) is 1.13. The van der Waals surface area contributed by atoms with Crippen molar-refractivity contribution in [1.29, 1.82) is 0 Å². The van der Waals surface area contributed by atoms with Crippen molar-refractivity contribution in [1.82, 2.24) is 4.72 Å². The van der Waals surface area contributed by atoms with Crippen LogP contribution in [0.2, 0.25) is 0 Å². The molecule has 1 aliphatic carbocycles. The predicted octanol–water partition coefficient (Wildman–Crippen LogP) is 1.67. The maximum absolute atomic E-state index is 12.1. The minimum absolute atomic E-state index is 0.0393. The van der Waals surface area contributed by atoms with Crippen LogP contribution in [0.3, 0.4) is 0 Å². The van der Waals surface area contributed by atoms with Crippen molar-refractivity contribution >= 4 is 27.3 Å². The molecule has 0 aromatic carbocycles. The van der Waals surface area contributed by atoms with Gasteiger partial charge in [-0.1, -0.05) is 6.92 Å². The van der Waals surface area contributed by atoms with Gasteiger partial charge in [-0.15, -0.1) is 11.3 Å². The standard InChI is InChI=1S/C13H19NO5S2/c1-9-2-4-13(17,5-3-9)8-14-21(18,19)11-6-10(7-20-11)12(15)16/h6-7,9,14,17H,2-5,8H2,1H3,(H,15,16). The Hall–Kier alpha value is -0.960. The van der Waals surface area contributed by atoms with Gasteiger partial charge in [0.1, 0.15) is 4.21 Å². The summed E-state index contributed by atoms with van der Waals surface area (Å²) in [7, 11) is -3.78. The molecule has 1 fully saturated rings. The van der Waals surface area contributed by atoms with Crippen LogP contribution in [0.25, 0.3) is 0 Å². The molecule has 6 nitrogen and oxygen atoms in total. The summed E-state index contributed by atoms with van der Waals surface area (Å²) in [6.45, 7) is 2.07. The molecule has 0 saturated heterocycles. The van der Waals surface area contributed by atoms with E-state index in [9.17, 15) is 18.3 Å². The van der Waals surface area contributed by atoms with Gasteiger partial charge in [0.05, 0.1) is 11.2 Å². The van der Waals surface area contributed by atoms with Gasteiger partial charge < -0.3 is 10.2 Å². The van der Waals surface area contributed by atoms with E-state index in [0.29, 0.717) is 18.8 Å². The molecular formula is C13H19NO5S2. The van der Waals surface area contributed by atoms with Crippen LogP contribution < -0.4 is 4.72 Å². The molecule has 1 aliphatic rings. The fourth-order valence-electron chi connectivity index (χ4n) is 2.35. The third-order valence-corrected chi connectivity index (χ3v) is 6.72. The Balaban J connectivity index is 2.02. The Morgan fingerprint density at radius 2 is 2.10 bits per heavy atom. The molecule has 0 atom stereocenters. The van der Waals surface area contributed by atoms with Crippen LogP contribution in [0.1, 0.15) is 43.0 Å². The van der Waals surface area contributed by atoms with Crippen molar-refractivity contribution in [3.05, 3.63) is 17.0 Å². The maximum atomic E-state index is 12.1. The molecular weight excluding hydrogens is 314 g/mol. The van der Waals surface area contributed by atoms with Crippen molar-refractivity contribution in [2.45, 2.75) is 42.4 Å². The minimum Gasteiger partial charge on any atom is -0.478 e. The van der Waals surface area contributed by atoms with Gasteiger partial charge in [-0.25, -0.2) is 17.9 Å². The number of rotatable bonds is 5. The smallest absolute Gasteiger partial charge is 0.336 e. The molecule has 1 aromatic heterocycles. The second-order valence-corrected chi connectivity index (χ2v) is 8.60. The lowest BCUT2D eigenvalue weighted by molar-refractivity contribution is -0.00182. The normalized spacial score (nSPS) is 26.7. The van der Waals surface area contributed by atoms with E-state index in [1.165, 1.54) is 5.38 Å². The van der Waals surface area contributed by atoms with Gasteiger partial charge in [0, 0.05) is 11.9 Å². The molecule has 0 unspecified atom stereocenters. The lowest BCUT2D eigenvalue weighted by atomic mass is 9.80. The molecule has 118 valence electrons. The van der Waals surface area contributed by atoms with E-state index < -0.39 is 21.6 Å². The average molecular weight is 333 g/mol. The number of thiophene rings is 1. The molecule has 1 saturated carbocycles. The highest BCUT2D eigenvalue weighted by Gasteiger charge is 2.33. The van der Waals surface area contributed by atoms with Gasteiger partial charge in [-0.2, -0.15) is 0 Å². The van der Waals surface area contributed by atoms with Gasteiger partial charge in [-0.3, -0.25) is 0 Å². The molecule has 0 bridgehead atoms. The molecule has 0 radical (unpaired) electrons. The van der Waals surface area contributed by atoms with Gasteiger partial charge in [0.15, 0.2) is 0 Å². The number of nitrogens with one attached hydrogen (secondary N) is 1. The number of aliphatic hydroxyl groups is 1. The third-order valence-electron chi connectivity index (χ3n) is 3.88. The molecule has 0 amide bonds. The molecule has 21 heavy (non-hydrogen) atoms. The quantitative estimate of drug-likeness (QED) is 0.760. The monoisotopic (exact) mass is 333 g/mol. The van der Waals surface area contributed by atoms with Gasteiger partial charge in [-0.05, 0) is 37.7 Å². The highest BCUT2D eigenvalue weighted by molar-refractivity contribution is 7.91. The summed E-state index contributed by atoms with van der Waals surface area (Å²) in [6.07, 6.45) is 2.89. The number of hydrogen-bond acceptors (Lipinski definition) is 5. The van der Waals surface area contributed by atoms with E-state index in [-0.39, 0.29) is 16.3 Å². The number of sulfonamides is 1. The zero-order chi connectivity index (χ0) is 15.7. The van der Waals surface area contributed by atoms with E-state index in [0.717, 1.165) is 30.2 Å². The Kier molecular flexibility index (Phi) is 4.72. The molecule has 1 heterocycles. The molecule has 0 aliphatic heterocycles. The van der Waals surface area contributed by atoms with Crippen LogP contribution in [-0.4, -0.2) is 36.7 Å². The van der Waals surface area contributed by atoms with Crippen molar-refractivity contribution in [3.63, 3.8) is 0 Å². The van der Waals surface area contributed by atoms with E-state index >= 15 is 0 Å². The lowest BCUT2D eigenvalue weighted by Crippen LogP contribution is -2.45. The van der Waals surface area contributed by atoms with Crippen LogP contribution in [0.4, 0.5) is 0 Å². The highest BCUT2D eigenvalue weighted by atomic mass is 32.2. The van der Waals surface area contributed by atoms with Gasteiger partial charge >= 0.3 is 5.97 Å². The van der Waals surface area contributed by atoms with Gasteiger partial charge in [0.25, 0.3) is 0 Å². The number of hydrogen-bond donors (Lipinski definition) is 3. The van der Waals surface area contributed by atoms with Crippen LogP contribution >= 0.6 is 11.3 Å². The summed E-state index contributed by atoms with van der Waals surface area (Å²) >= 11 is 0.858. The third kappa shape index (κ3) is 4.03. The average Bonchev–Trinajstić information content (AvgIpc) is 2.91. The number of carboxylic acids is 1. The maximum Gasteiger partial charge on any atom is 0.336 e. The van der Waals surface area contributed by atoms with Crippen molar-refractivity contribution in [2.24, 2.45) is 5.92 Å². The first-order chi connectivity index (χ1) is 9.72. The highest BCUT2D eigenvalue weighted by Crippen LogP contribution is 2.31. The molecule has 0 spiro atoms. The summed E-state index contributed by atoms with van der Waals surface area (Å²) in [5.41, 5.74) is -1.06.